The Labute approximate surface area is 66.4 Å². The molecule has 0 aliphatic heterocycles. The van der Waals surface area contributed by atoms with Crippen molar-refractivity contribution in [3.8, 4) is 0 Å². The van der Waals surface area contributed by atoms with Crippen molar-refractivity contribution in [1.29, 1.82) is 0 Å². The molecule has 0 saturated carbocycles. The van der Waals surface area contributed by atoms with Crippen LogP contribution >= 0.6 is 8.03 Å². The average molecular weight is 167 g/mol. The molecule has 1 rings (SSSR count). The van der Waals surface area contributed by atoms with Gasteiger partial charge in [-0.25, -0.2) is 0 Å². The van der Waals surface area contributed by atoms with Crippen LogP contribution < -0.4 is 5.30 Å². The van der Waals surface area contributed by atoms with Crippen molar-refractivity contribution >= 4 is 13.3 Å². The lowest BCUT2D eigenvalue weighted by Gasteiger charge is -1.82. The lowest BCUT2D eigenvalue weighted by atomic mass is 10.4. The molecule has 0 fully saturated rings. The second-order valence-electron chi connectivity index (χ2n) is 1.86. The third-order valence-corrected chi connectivity index (χ3v) is 2.20. The Morgan fingerprint density at radius 2 is 2.00 bits per heavy atom. The summed E-state index contributed by atoms with van der Waals surface area (Å²) < 4.78 is 15.8. The van der Waals surface area contributed by atoms with Crippen LogP contribution in [0.4, 0.5) is 0 Å². The highest BCUT2D eigenvalue weighted by molar-refractivity contribution is 7.48. The smallest absolute Gasteiger partial charge is 0.259 e. The molecule has 0 aromatic heterocycles. The molecule has 0 radical (unpaired) electrons. The molecule has 2 nitrogen and oxygen atoms in total. The van der Waals surface area contributed by atoms with E-state index in [2.05, 4.69) is 6.58 Å². The second-order valence-corrected chi connectivity index (χ2v) is 3.11. The summed E-state index contributed by atoms with van der Waals surface area (Å²) in [6.07, 6.45) is 1.19. The van der Waals surface area contributed by atoms with E-state index in [-0.39, 0.29) is 0 Å². The highest BCUT2D eigenvalue weighted by Gasteiger charge is 2.19. The quantitative estimate of drug-likeness (QED) is 0.509. The Kier molecular flexibility index (Phi) is 2.82. The van der Waals surface area contributed by atoms with Gasteiger partial charge in [0.25, 0.3) is 0 Å². The molecule has 1 unspecified atom stereocenters. The molecular weight excluding hydrogens is 159 g/mol. The topological polar surface area (TPSA) is 26.3 Å². The summed E-state index contributed by atoms with van der Waals surface area (Å²) in [5, 5.41) is 0.683. The molecule has 1 aromatic rings. The first kappa shape index (κ1) is 7.96. The SMILES string of the molecule is C=CO[P+](=O)c1ccccc1. The van der Waals surface area contributed by atoms with Crippen molar-refractivity contribution in [3.05, 3.63) is 43.2 Å². The molecule has 1 atom stereocenters. The monoisotopic (exact) mass is 167 g/mol. The summed E-state index contributed by atoms with van der Waals surface area (Å²) in [7, 11) is -1.74. The van der Waals surface area contributed by atoms with E-state index in [1.807, 2.05) is 18.2 Å². The summed E-state index contributed by atoms with van der Waals surface area (Å²) in [5.74, 6) is 0. The van der Waals surface area contributed by atoms with Crippen LogP contribution in [0.3, 0.4) is 0 Å². The molecule has 0 N–H and O–H groups in total. The minimum absolute atomic E-state index is 0.683. The molecule has 11 heavy (non-hydrogen) atoms. The summed E-state index contributed by atoms with van der Waals surface area (Å²) in [5.41, 5.74) is 0. The Balaban J connectivity index is 2.77. The van der Waals surface area contributed by atoms with Crippen LogP contribution in [-0.2, 0) is 9.09 Å². The van der Waals surface area contributed by atoms with E-state index in [9.17, 15) is 4.57 Å². The van der Waals surface area contributed by atoms with E-state index >= 15 is 0 Å². The standard InChI is InChI=1S/C8H8O2P/c1-2-10-11(9)8-6-4-3-5-7-8/h2-7H,1H2/q+1. The first-order valence-corrected chi connectivity index (χ1v) is 4.32. The van der Waals surface area contributed by atoms with Crippen molar-refractivity contribution in [2.75, 3.05) is 0 Å². The van der Waals surface area contributed by atoms with E-state index in [0.29, 0.717) is 5.30 Å². The fourth-order valence-electron chi connectivity index (χ4n) is 0.678. The molecule has 0 saturated heterocycles. The minimum Gasteiger partial charge on any atom is -0.259 e. The van der Waals surface area contributed by atoms with Gasteiger partial charge in [-0.05, 0) is 16.7 Å². The van der Waals surface area contributed by atoms with Crippen LogP contribution in [0.25, 0.3) is 0 Å². The van der Waals surface area contributed by atoms with Crippen molar-refractivity contribution in [1.82, 2.24) is 0 Å². The van der Waals surface area contributed by atoms with Crippen molar-refractivity contribution in [2.45, 2.75) is 0 Å². The maximum Gasteiger partial charge on any atom is 0.596 e. The molecular formula is C8H8O2P+. The van der Waals surface area contributed by atoms with Gasteiger partial charge < -0.3 is 0 Å². The van der Waals surface area contributed by atoms with Crippen LogP contribution in [0.2, 0.25) is 0 Å². The third-order valence-electron chi connectivity index (χ3n) is 1.14. The highest BCUT2D eigenvalue weighted by Crippen LogP contribution is 2.20. The van der Waals surface area contributed by atoms with E-state index in [1.54, 1.807) is 12.1 Å². The third kappa shape index (κ3) is 2.17. The lowest BCUT2D eigenvalue weighted by Crippen LogP contribution is -1.93. The maximum absolute atomic E-state index is 11.1. The maximum atomic E-state index is 11.1. The Bertz CT molecular complexity index is 256. The largest absolute Gasteiger partial charge is 0.596 e. The zero-order valence-corrected chi connectivity index (χ0v) is 6.83. The average Bonchev–Trinajstić information content (AvgIpc) is 2.07. The molecule has 0 bridgehead atoms. The van der Waals surface area contributed by atoms with Crippen molar-refractivity contribution in [2.24, 2.45) is 0 Å². The van der Waals surface area contributed by atoms with Gasteiger partial charge in [-0.3, -0.25) is 4.52 Å². The second kappa shape index (κ2) is 3.89. The normalized spacial score (nSPS) is 10.4. The van der Waals surface area contributed by atoms with Crippen LogP contribution in [0, 0.1) is 0 Å². The molecule has 0 amide bonds. The predicted molar refractivity (Wildman–Crippen MR) is 45.0 cm³/mol. The molecule has 0 spiro atoms. The van der Waals surface area contributed by atoms with Crippen LogP contribution in [-0.4, -0.2) is 0 Å². The van der Waals surface area contributed by atoms with Gasteiger partial charge in [-0.2, -0.15) is 0 Å². The zero-order valence-electron chi connectivity index (χ0n) is 5.93. The first-order valence-electron chi connectivity index (χ1n) is 3.14. The van der Waals surface area contributed by atoms with Crippen molar-refractivity contribution in [3.63, 3.8) is 0 Å². The lowest BCUT2D eigenvalue weighted by molar-refractivity contribution is 0.474. The van der Waals surface area contributed by atoms with Gasteiger partial charge >= 0.3 is 8.03 Å². The van der Waals surface area contributed by atoms with E-state index in [1.165, 1.54) is 6.26 Å². The first-order chi connectivity index (χ1) is 5.34. The van der Waals surface area contributed by atoms with Crippen molar-refractivity contribution < 1.29 is 9.09 Å². The summed E-state index contributed by atoms with van der Waals surface area (Å²) >= 11 is 0. The van der Waals surface area contributed by atoms with Gasteiger partial charge in [-0.1, -0.05) is 24.8 Å². The van der Waals surface area contributed by atoms with Gasteiger partial charge in [-0.15, -0.1) is 0 Å². The predicted octanol–water partition coefficient (Wildman–Crippen LogP) is 2.21. The molecule has 0 heterocycles. The van der Waals surface area contributed by atoms with Crippen LogP contribution in [0.5, 0.6) is 0 Å². The molecule has 3 heteroatoms. The van der Waals surface area contributed by atoms with E-state index in [4.69, 9.17) is 4.52 Å². The van der Waals surface area contributed by atoms with Gasteiger partial charge in [0.1, 0.15) is 6.26 Å². The van der Waals surface area contributed by atoms with Gasteiger partial charge in [0.05, 0.1) is 0 Å². The molecule has 0 aliphatic carbocycles. The molecule has 0 aliphatic rings. The summed E-state index contributed by atoms with van der Waals surface area (Å²) in [6.45, 7) is 3.32. The van der Waals surface area contributed by atoms with E-state index in [0.717, 1.165) is 0 Å². The van der Waals surface area contributed by atoms with Gasteiger partial charge in [0.2, 0.25) is 5.30 Å². The Morgan fingerprint density at radius 3 is 2.55 bits per heavy atom. The number of hydrogen-bond acceptors (Lipinski definition) is 2. The molecule has 1 aromatic carbocycles. The van der Waals surface area contributed by atoms with E-state index < -0.39 is 8.03 Å². The van der Waals surface area contributed by atoms with Gasteiger partial charge in [0.15, 0.2) is 0 Å². The Morgan fingerprint density at radius 1 is 1.36 bits per heavy atom. The Hall–Kier alpha value is -1.14. The highest BCUT2D eigenvalue weighted by atomic mass is 31.1. The van der Waals surface area contributed by atoms with Crippen LogP contribution in [0.15, 0.2) is 43.2 Å². The zero-order chi connectivity index (χ0) is 8.10. The summed E-state index contributed by atoms with van der Waals surface area (Å²) in [6, 6.07) is 9.00. The fraction of sp³-hybridized carbons (Fsp3) is 0. The number of hydrogen-bond donors (Lipinski definition) is 0. The molecule has 56 valence electrons. The fourth-order valence-corrected chi connectivity index (χ4v) is 1.35. The van der Waals surface area contributed by atoms with Crippen LogP contribution in [0.1, 0.15) is 0 Å². The number of benzene rings is 1. The minimum atomic E-state index is -1.74. The van der Waals surface area contributed by atoms with Gasteiger partial charge in [0, 0.05) is 0 Å². The summed E-state index contributed by atoms with van der Waals surface area (Å²) in [4.78, 5) is 0. The number of rotatable bonds is 3.